The molecule has 0 radical (unpaired) electrons. The van der Waals surface area contributed by atoms with Crippen molar-refractivity contribution in [2.45, 2.75) is 26.3 Å². The molecule has 0 fully saturated rings. The molecule has 1 aromatic rings. The number of hydrogen-bond acceptors (Lipinski definition) is 3. The minimum atomic E-state index is -1.14. The van der Waals surface area contributed by atoms with Crippen molar-refractivity contribution in [3.8, 4) is 0 Å². The van der Waals surface area contributed by atoms with Crippen molar-refractivity contribution < 1.29 is 19.5 Å². The fraction of sp³-hybridized carbons (Fsp3) is 0.400. The Balaban J connectivity index is 2.83. The highest BCUT2D eigenvalue weighted by Crippen LogP contribution is 2.10. The van der Waals surface area contributed by atoms with Gasteiger partial charge in [0.15, 0.2) is 0 Å². The molecule has 1 rings (SSSR count). The van der Waals surface area contributed by atoms with Gasteiger partial charge in [-0.05, 0) is 17.9 Å². The Bertz CT molecular complexity index is 514. The van der Waals surface area contributed by atoms with Gasteiger partial charge >= 0.3 is 5.97 Å². The van der Waals surface area contributed by atoms with Crippen LogP contribution in [0.1, 0.15) is 19.4 Å². The van der Waals surface area contributed by atoms with Gasteiger partial charge in [-0.2, -0.15) is 0 Å². The molecular formula is C15H20N2O4. The summed E-state index contributed by atoms with van der Waals surface area (Å²) in [5, 5.41) is 11.5. The number of primary amides is 1. The molecule has 0 heterocycles. The molecule has 0 bridgehead atoms. The van der Waals surface area contributed by atoms with E-state index >= 15 is 0 Å². The summed E-state index contributed by atoms with van der Waals surface area (Å²) in [6, 6.07) is 7.91. The zero-order chi connectivity index (χ0) is 16.0. The maximum atomic E-state index is 12.1. The first-order valence-corrected chi connectivity index (χ1v) is 6.69. The first-order valence-electron chi connectivity index (χ1n) is 6.69. The summed E-state index contributed by atoms with van der Waals surface area (Å²) in [5.74, 6) is -3.96. The highest BCUT2D eigenvalue weighted by atomic mass is 16.4. The second kappa shape index (κ2) is 7.42. The number of nitrogens with one attached hydrogen (secondary N) is 1. The molecule has 0 aromatic heterocycles. The lowest BCUT2D eigenvalue weighted by Crippen LogP contribution is -2.49. The number of aliphatic carboxylic acids is 1. The van der Waals surface area contributed by atoms with E-state index in [2.05, 4.69) is 5.32 Å². The minimum absolute atomic E-state index is 0.145. The quantitative estimate of drug-likeness (QED) is 0.638. The lowest BCUT2D eigenvalue weighted by Gasteiger charge is -2.21. The summed E-state index contributed by atoms with van der Waals surface area (Å²) in [6.07, 6.45) is 0.145. The second-order valence-corrected chi connectivity index (χ2v) is 5.21. The van der Waals surface area contributed by atoms with E-state index in [0.29, 0.717) is 0 Å². The van der Waals surface area contributed by atoms with Gasteiger partial charge in [0.1, 0.15) is 12.0 Å². The van der Waals surface area contributed by atoms with Gasteiger partial charge in [-0.1, -0.05) is 44.2 Å². The molecule has 114 valence electrons. The summed E-state index contributed by atoms with van der Waals surface area (Å²) in [4.78, 5) is 34.7. The molecule has 21 heavy (non-hydrogen) atoms. The molecule has 0 saturated heterocycles. The van der Waals surface area contributed by atoms with Crippen LogP contribution in [0.3, 0.4) is 0 Å². The smallest absolute Gasteiger partial charge is 0.326 e. The number of carbonyl (C=O) groups excluding carboxylic acids is 2. The lowest BCUT2D eigenvalue weighted by atomic mass is 9.96. The Morgan fingerprint density at radius 3 is 2.19 bits per heavy atom. The van der Waals surface area contributed by atoms with E-state index in [0.717, 1.165) is 5.56 Å². The normalized spacial score (nSPS) is 13.5. The van der Waals surface area contributed by atoms with Gasteiger partial charge in [0.05, 0.1) is 0 Å². The zero-order valence-corrected chi connectivity index (χ0v) is 12.1. The van der Waals surface area contributed by atoms with Crippen molar-refractivity contribution in [3.63, 3.8) is 0 Å². The molecular weight excluding hydrogens is 272 g/mol. The van der Waals surface area contributed by atoms with Crippen LogP contribution in [0.25, 0.3) is 0 Å². The van der Waals surface area contributed by atoms with Crippen molar-refractivity contribution in [3.05, 3.63) is 35.9 Å². The van der Waals surface area contributed by atoms with E-state index in [4.69, 9.17) is 10.8 Å². The van der Waals surface area contributed by atoms with Crippen molar-refractivity contribution >= 4 is 17.8 Å². The first-order chi connectivity index (χ1) is 9.82. The Labute approximate surface area is 123 Å². The summed E-state index contributed by atoms with van der Waals surface area (Å²) in [7, 11) is 0. The SMILES string of the molecule is CC(C)[C@H](NC(=O)[C@@H](Cc1ccccc1)C(N)=O)C(=O)O. The van der Waals surface area contributed by atoms with Crippen LogP contribution in [0.4, 0.5) is 0 Å². The third kappa shape index (κ3) is 4.91. The fourth-order valence-corrected chi connectivity index (χ4v) is 1.94. The number of hydrogen-bond donors (Lipinski definition) is 3. The van der Waals surface area contributed by atoms with Crippen LogP contribution in [0.2, 0.25) is 0 Å². The predicted molar refractivity (Wildman–Crippen MR) is 77.2 cm³/mol. The molecule has 2 amide bonds. The van der Waals surface area contributed by atoms with Gasteiger partial charge in [0.25, 0.3) is 0 Å². The van der Waals surface area contributed by atoms with Crippen LogP contribution in [0, 0.1) is 11.8 Å². The Kier molecular flexibility index (Phi) is 5.90. The van der Waals surface area contributed by atoms with Crippen LogP contribution in [-0.4, -0.2) is 28.9 Å². The average Bonchev–Trinajstić information content (AvgIpc) is 2.42. The number of rotatable bonds is 7. The predicted octanol–water partition coefficient (Wildman–Crippen LogP) is 0.556. The Morgan fingerprint density at radius 2 is 1.76 bits per heavy atom. The zero-order valence-electron chi connectivity index (χ0n) is 12.1. The molecule has 0 spiro atoms. The highest BCUT2D eigenvalue weighted by molar-refractivity contribution is 6.01. The topological polar surface area (TPSA) is 109 Å². The van der Waals surface area contributed by atoms with Crippen molar-refractivity contribution in [1.82, 2.24) is 5.32 Å². The summed E-state index contributed by atoms with van der Waals surface area (Å²) >= 11 is 0. The van der Waals surface area contributed by atoms with E-state index < -0.39 is 29.7 Å². The molecule has 0 unspecified atom stereocenters. The largest absolute Gasteiger partial charge is 0.480 e. The van der Waals surface area contributed by atoms with Gasteiger partial charge < -0.3 is 16.2 Å². The Hall–Kier alpha value is -2.37. The minimum Gasteiger partial charge on any atom is -0.480 e. The van der Waals surface area contributed by atoms with Crippen LogP contribution in [0.15, 0.2) is 30.3 Å². The van der Waals surface area contributed by atoms with Crippen molar-refractivity contribution in [2.24, 2.45) is 17.6 Å². The van der Waals surface area contributed by atoms with Crippen molar-refractivity contribution in [1.29, 1.82) is 0 Å². The number of amides is 2. The fourth-order valence-electron chi connectivity index (χ4n) is 1.94. The standard InChI is InChI=1S/C15H20N2O4/c1-9(2)12(15(20)21)17-14(19)11(13(16)18)8-10-6-4-3-5-7-10/h3-7,9,11-12H,8H2,1-2H3,(H2,16,18)(H,17,19)(H,20,21)/t11-,12-/m0/s1. The highest BCUT2D eigenvalue weighted by Gasteiger charge is 2.30. The molecule has 0 aliphatic rings. The number of nitrogens with two attached hydrogens (primary N) is 1. The van der Waals surface area contributed by atoms with Gasteiger partial charge in [0, 0.05) is 0 Å². The van der Waals surface area contributed by atoms with Crippen LogP contribution in [-0.2, 0) is 20.8 Å². The van der Waals surface area contributed by atoms with E-state index in [1.165, 1.54) is 0 Å². The molecule has 6 heteroatoms. The van der Waals surface area contributed by atoms with Gasteiger partial charge in [0.2, 0.25) is 11.8 Å². The molecule has 1 aromatic carbocycles. The third-order valence-corrected chi connectivity index (χ3v) is 3.17. The summed E-state index contributed by atoms with van der Waals surface area (Å²) < 4.78 is 0. The van der Waals surface area contributed by atoms with E-state index in [1.807, 2.05) is 6.07 Å². The number of carbonyl (C=O) groups is 3. The maximum Gasteiger partial charge on any atom is 0.326 e. The first kappa shape index (κ1) is 16.7. The summed E-state index contributed by atoms with van der Waals surface area (Å²) in [5.41, 5.74) is 6.05. The molecule has 0 aliphatic heterocycles. The molecule has 0 saturated carbocycles. The lowest BCUT2D eigenvalue weighted by molar-refractivity contribution is -0.145. The molecule has 2 atom stereocenters. The van der Waals surface area contributed by atoms with Gasteiger partial charge in [-0.3, -0.25) is 9.59 Å². The van der Waals surface area contributed by atoms with Crippen LogP contribution in [0.5, 0.6) is 0 Å². The van der Waals surface area contributed by atoms with Crippen molar-refractivity contribution in [2.75, 3.05) is 0 Å². The second-order valence-electron chi connectivity index (χ2n) is 5.21. The molecule has 4 N–H and O–H groups in total. The third-order valence-electron chi connectivity index (χ3n) is 3.17. The van der Waals surface area contributed by atoms with Gasteiger partial charge in [-0.25, -0.2) is 4.79 Å². The van der Waals surface area contributed by atoms with E-state index in [9.17, 15) is 14.4 Å². The number of benzene rings is 1. The van der Waals surface area contributed by atoms with Crippen LogP contribution >= 0.6 is 0 Å². The van der Waals surface area contributed by atoms with E-state index in [-0.39, 0.29) is 12.3 Å². The molecule has 0 aliphatic carbocycles. The maximum absolute atomic E-state index is 12.1. The molecule has 6 nitrogen and oxygen atoms in total. The summed E-state index contributed by atoms with van der Waals surface area (Å²) in [6.45, 7) is 3.35. The average molecular weight is 292 g/mol. The van der Waals surface area contributed by atoms with Gasteiger partial charge in [-0.15, -0.1) is 0 Å². The number of carboxylic acids is 1. The number of carboxylic acid groups (broad SMARTS) is 1. The van der Waals surface area contributed by atoms with E-state index in [1.54, 1.807) is 38.1 Å². The Morgan fingerprint density at radius 1 is 1.19 bits per heavy atom. The van der Waals surface area contributed by atoms with Crippen LogP contribution < -0.4 is 11.1 Å². The monoisotopic (exact) mass is 292 g/mol.